The molecule has 0 heterocycles. The summed E-state index contributed by atoms with van der Waals surface area (Å²) >= 11 is 5.72. The molecule has 0 saturated heterocycles. The number of hydrogen-bond acceptors (Lipinski definition) is 3. The number of alkyl halides is 1. The van der Waals surface area contributed by atoms with E-state index in [9.17, 15) is 14.7 Å². The van der Waals surface area contributed by atoms with Gasteiger partial charge in [0.1, 0.15) is 0 Å². The van der Waals surface area contributed by atoms with Crippen LogP contribution in [0.4, 0.5) is 0 Å². The molecular weight excluding hydrogens is 496 g/mol. The van der Waals surface area contributed by atoms with E-state index >= 15 is 0 Å². The largest absolute Gasteiger partial charge is 0.481 e. The summed E-state index contributed by atoms with van der Waals surface area (Å²) in [4.78, 5) is 24.3. The van der Waals surface area contributed by atoms with Crippen LogP contribution in [0, 0.1) is 39.9 Å². The minimum atomic E-state index is -0.639. The van der Waals surface area contributed by atoms with Gasteiger partial charge in [0.15, 0.2) is 5.78 Å². The zero-order valence-corrected chi connectivity index (χ0v) is 25.1. The third kappa shape index (κ3) is 6.07. The van der Waals surface area contributed by atoms with Gasteiger partial charge in [0, 0.05) is 25.5 Å². The highest BCUT2D eigenvalue weighted by Gasteiger charge is 2.64. The smallest absolute Gasteiger partial charge is 0.303 e. The first-order valence-corrected chi connectivity index (χ1v) is 16.3. The molecule has 0 spiro atoms. The van der Waals surface area contributed by atoms with Gasteiger partial charge in [-0.25, -0.2) is 0 Å². The summed E-state index contributed by atoms with van der Waals surface area (Å²) < 4.78 is 5.73. The quantitative estimate of drug-likeness (QED) is 0.174. The number of fused-ring (bicyclic) bond motifs is 5. The van der Waals surface area contributed by atoms with Crippen LogP contribution in [0.15, 0.2) is 11.6 Å². The van der Waals surface area contributed by atoms with Crippen LogP contribution < -0.4 is 0 Å². The number of carboxylic acids is 1. The molecule has 1 N–H and O–H groups in total. The van der Waals surface area contributed by atoms with Crippen LogP contribution in [-0.2, 0) is 14.3 Å². The molecule has 5 heteroatoms. The zero-order valence-electron chi connectivity index (χ0n) is 24.4. The lowest BCUT2D eigenvalue weighted by molar-refractivity contribution is -0.145. The molecule has 3 unspecified atom stereocenters. The average Bonchev–Trinajstić information content (AvgIpc) is 3.12. The second-order valence-corrected chi connectivity index (χ2v) is 14.4. The predicted molar refractivity (Wildman–Crippen MR) is 154 cm³/mol. The molecule has 0 aliphatic heterocycles. The van der Waals surface area contributed by atoms with Crippen molar-refractivity contribution in [3.63, 3.8) is 0 Å². The Kier molecular flexibility index (Phi) is 10.1. The maximum absolute atomic E-state index is 12.5. The van der Waals surface area contributed by atoms with Crippen molar-refractivity contribution in [1.29, 1.82) is 0 Å². The lowest BCUT2D eigenvalue weighted by Gasteiger charge is -2.62. The van der Waals surface area contributed by atoms with Crippen molar-refractivity contribution in [2.24, 2.45) is 39.9 Å². The van der Waals surface area contributed by atoms with Gasteiger partial charge in [-0.2, -0.15) is 0 Å². The van der Waals surface area contributed by atoms with E-state index < -0.39 is 5.97 Å². The molecule has 4 aliphatic carbocycles. The number of ketones is 1. The molecular formula is C33H53ClO4. The Morgan fingerprint density at radius 3 is 2.39 bits per heavy atom. The fourth-order valence-corrected chi connectivity index (χ4v) is 9.72. The molecule has 3 saturated carbocycles. The van der Waals surface area contributed by atoms with Crippen molar-refractivity contribution >= 4 is 23.4 Å². The van der Waals surface area contributed by atoms with Gasteiger partial charge < -0.3 is 9.84 Å². The number of rotatable bonds is 14. The summed E-state index contributed by atoms with van der Waals surface area (Å²) in [6.45, 7) is 8.87. The maximum Gasteiger partial charge on any atom is 0.303 e. The van der Waals surface area contributed by atoms with Crippen molar-refractivity contribution in [2.75, 3.05) is 19.1 Å². The lowest BCUT2D eigenvalue weighted by Crippen LogP contribution is -2.55. The summed E-state index contributed by atoms with van der Waals surface area (Å²) in [5, 5.41) is 9.77. The predicted octanol–water partition coefficient (Wildman–Crippen LogP) is 8.60. The highest BCUT2D eigenvalue weighted by Crippen LogP contribution is 2.71. The first-order chi connectivity index (χ1) is 18.1. The lowest BCUT2D eigenvalue weighted by atomic mass is 9.43. The topological polar surface area (TPSA) is 63.6 Å². The van der Waals surface area contributed by atoms with E-state index in [1.807, 2.05) is 6.08 Å². The highest BCUT2D eigenvalue weighted by atomic mass is 35.5. The van der Waals surface area contributed by atoms with Gasteiger partial charge in [-0.05, 0) is 110 Å². The molecule has 4 aliphatic rings. The van der Waals surface area contributed by atoms with Crippen LogP contribution in [0.1, 0.15) is 124 Å². The summed E-state index contributed by atoms with van der Waals surface area (Å²) in [5.74, 6) is 2.97. The van der Waals surface area contributed by atoms with Crippen LogP contribution >= 0.6 is 11.6 Å². The van der Waals surface area contributed by atoms with Crippen LogP contribution in [0.3, 0.4) is 0 Å². The molecule has 3 fully saturated rings. The minimum absolute atomic E-state index is 0.107. The van der Waals surface area contributed by atoms with Gasteiger partial charge in [0.05, 0.1) is 6.42 Å². The van der Waals surface area contributed by atoms with Gasteiger partial charge >= 0.3 is 5.97 Å². The Labute approximate surface area is 236 Å². The van der Waals surface area contributed by atoms with Crippen LogP contribution in [0.25, 0.3) is 0 Å². The number of unbranched alkanes of at least 4 members (excludes halogenated alkanes) is 5. The van der Waals surface area contributed by atoms with Gasteiger partial charge in [-0.3, -0.25) is 9.59 Å². The second-order valence-electron chi connectivity index (χ2n) is 14.0. The van der Waals surface area contributed by atoms with Crippen molar-refractivity contribution in [3.05, 3.63) is 11.6 Å². The van der Waals surface area contributed by atoms with Gasteiger partial charge in [-0.1, -0.05) is 52.0 Å². The van der Waals surface area contributed by atoms with E-state index in [1.54, 1.807) is 0 Å². The number of allylic oxidation sites excluding steroid dienone is 1. The standard InChI is InChI=1S/C33H53ClO4/c1-31(23-29(36)37)15-13-28-30-24(11-7-5-4-6-9-19-38-20-10-8-18-34)21-25-22-26(35)12-16-32(25,2)27(30)14-17-33(28,31)3/h22,24,27-28,30H,4-21,23H2,1-3H3,(H,36,37)/t24-,27?,28?,30?,31-,32+,33+/m1/s1. The minimum Gasteiger partial charge on any atom is -0.481 e. The van der Waals surface area contributed by atoms with Crippen molar-refractivity contribution < 1.29 is 19.4 Å². The summed E-state index contributed by atoms with van der Waals surface area (Å²) in [6, 6.07) is 0. The van der Waals surface area contributed by atoms with Gasteiger partial charge in [0.2, 0.25) is 0 Å². The summed E-state index contributed by atoms with van der Waals surface area (Å²) in [5.41, 5.74) is 1.61. The molecule has 0 amide bonds. The Hall–Kier alpha value is -0.870. The average molecular weight is 549 g/mol. The van der Waals surface area contributed by atoms with Crippen molar-refractivity contribution in [3.8, 4) is 0 Å². The van der Waals surface area contributed by atoms with E-state index in [-0.39, 0.29) is 16.2 Å². The Morgan fingerprint density at radius 1 is 0.974 bits per heavy atom. The first-order valence-electron chi connectivity index (χ1n) is 15.7. The molecule has 0 bridgehead atoms. The number of hydrogen-bond donors (Lipinski definition) is 1. The molecule has 7 atom stereocenters. The maximum atomic E-state index is 12.5. The number of carbonyl (C=O) groups excluding carboxylic acids is 1. The van der Waals surface area contributed by atoms with E-state index in [0.29, 0.717) is 42.3 Å². The zero-order chi connectivity index (χ0) is 27.4. The number of carbonyl (C=O) groups is 2. The summed E-state index contributed by atoms with van der Waals surface area (Å²) in [6.07, 6.45) is 19.2. The molecule has 216 valence electrons. The number of carboxylic acid groups (broad SMARTS) is 1. The fraction of sp³-hybridized carbons (Fsp3) is 0.879. The molecule has 0 aromatic heterocycles. The molecule has 0 aromatic rings. The first kappa shape index (κ1) is 30.1. The van der Waals surface area contributed by atoms with E-state index in [0.717, 1.165) is 64.0 Å². The third-order valence-electron chi connectivity index (χ3n) is 12.0. The van der Waals surface area contributed by atoms with E-state index in [4.69, 9.17) is 16.3 Å². The monoisotopic (exact) mass is 548 g/mol. The molecule has 0 radical (unpaired) electrons. The van der Waals surface area contributed by atoms with Crippen LogP contribution in [-0.4, -0.2) is 36.0 Å². The van der Waals surface area contributed by atoms with Gasteiger partial charge in [0.25, 0.3) is 0 Å². The normalized spacial score (nSPS) is 38.3. The van der Waals surface area contributed by atoms with Gasteiger partial charge in [-0.15, -0.1) is 11.6 Å². The Bertz CT molecular complexity index is 869. The SMILES string of the molecule is C[C@]1(CC(=O)O)CCC2C3C(CC[C@@]21C)[C@@]1(C)CCC(=O)C=C1C[C@H]3CCCCCCCOCCCCCl. The molecule has 4 rings (SSSR count). The number of ether oxygens (including phenoxy) is 1. The van der Waals surface area contributed by atoms with Crippen LogP contribution in [0.5, 0.6) is 0 Å². The van der Waals surface area contributed by atoms with Crippen LogP contribution in [0.2, 0.25) is 0 Å². The second kappa shape index (κ2) is 12.8. The van der Waals surface area contributed by atoms with Crippen molar-refractivity contribution in [2.45, 2.75) is 124 Å². The van der Waals surface area contributed by atoms with Crippen molar-refractivity contribution in [1.82, 2.24) is 0 Å². The number of aliphatic carboxylic acids is 1. The molecule has 0 aromatic carbocycles. The highest BCUT2D eigenvalue weighted by molar-refractivity contribution is 6.17. The Balaban J connectivity index is 1.39. The molecule has 4 nitrogen and oxygen atoms in total. The molecule has 38 heavy (non-hydrogen) atoms. The number of halogens is 1. The van der Waals surface area contributed by atoms with E-state index in [2.05, 4.69) is 20.8 Å². The third-order valence-corrected chi connectivity index (χ3v) is 12.3. The fourth-order valence-electron chi connectivity index (χ4n) is 9.53. The van der Waals surface area contributed by atoms with E-state index in [1.165, 1.54) is 50.5 Å². The summed E-state index contributed by atoms with van der Waals surface area (Å²) in [7, 11) is 0. The Morgan fingerprint density at radius 2 is 1.66 bits per heavy atom.